The average Bonchev–Trinajstić information content (AvgIpc) is 2.83. The van der Waals surface area contributed by atoms with Crippen molar-refractivity contribution in [2.24, 2.45) is 0 Å². The van der Waals surface area contributed by atoms with Gasteiger partial charge in [-0.15, -0.1) is 0 Å². The molecule has 4 heteroatoms. The molecule has 98 valence electrons. The first-order valence-electron chi connectivity index (χ1n) is 6.44. The van der Waals surface area contributed by atoms with Crippen LogP contribution in [0.5, 0.6) is 5.75 Å². The number of rotatable bonds is 1. The SMILES string of the molecule is COc1ccc2cc3c(nc2c1)-c1cccc(=O)n1C3. The highest BCUT2D eigenvalue weighted by Gasteiger charge is 2.20. The molecule has 0 bridgehead atoms. The fourth-order valence-corrected chi connectivity index (χ4v) is 2.72. The molecule has 0 saturated carbocycles. The second kappa shape index (κ2) is 3.93. The van der Waals surface area contributed by atoms with Crippen LogP contribution in [-0.4, -0.2) is 16.7 Å². The number of benzene rings is 1. The molecule has 2 aromatic heterocycles. The van der Waals surface area contributed by atoms with Gasteiger partial charge >= 0.3 is 0 Å². The first-order chi connectivity index (χ1) is 9.76. The van der Waals surface area contributed by atoms with Crippen LogP contribution in [0.4, 0.5) is 0 Å². The Balaban J connectivity index is 2.02. The van der Waals surface area contributed by atoms with Crippen molar-refractivity contribution in [3.63, 3.8) is 0 Å². The topological polar surface area (TPSA) is 44.1 Å². The molecule has 3 aromatic rings. The molecule has 4 rings (SSSR count). The Labute approximate surface area is 115 Å². The van der Waals surface area contributed by atoms with Crippen LogP contribution < -0.4 is 10.3 Å². The molecule has 0 aliphatic carbocycles. The standard InChI is InChI=1S/C16H12N2O2/c1-20-12-6-5-10-7-11-9-18-14(3-2-4-15(18)19)16(11)17-13(10)8-12/h2-8H,9H2,1H3. The van der Waals surface area contributed by atoms with Gasteiger partial charge < -0.3 is 9.30 Å². The summed E-state index contributed by atoms with van der Waals surface area (Å²) in [7, 11) is 1.64. The molecule has 0 atom stereocenters. The van der Waals surface area contributed by atoms with Crippen LogP contribution in [0.25, 0.3) is 22.3 Å². The van der Waals surface area contributed by atoms with E-state index in [2.05, 4.69) is 6.07 Å². The van der Waals surface area contributed by atoms with E-state index in [1.54, 1.807) is 23.8 Å². The zero-order chi connectivity index (χ0) is 13.7. The van der Waals surface area contributed by atoms with Gasteiger partial charge in [-0.2, -0.15) is 0 Å². The number of fused-ring (bicyclic) bond motifs is 4. The predicted molar refractivity (Wildman–Crippen MR) is 77.1 cm³/mol. The fourth-order valence-electron chi connectivity index (χ4n) is 2.72. The molecule has 0 N–H and O–H groups in total. The Bertz CT molecular complexity index is 897. The van der Waals surface area contributed by atoms with Crippen LogP contribution in [0.15, 0.2) is 47.3 Å². The van der Waals surface area contributed by atoms with Gasteiger partial charge in [-0.1, -0.05) is 6.07 Å². The highest BCUT2D eigenvalue weighted by molar-refractivity contribution is 5.85. The van der Waals surface area contributed by atoms with Gasteiger partial charge in [0.15, 0.2) is 0 Å². The molecule has 0 amide bonds. The summed E-state index contributed by atoms with van der Waals surface area (Å²) in [5.41, 5.74) is 3.77. The third kappa shape index (κ3) is 1.48. The Morgan fingerprint density at radius 1 is 1.20 bits per heavy atom. The number of ether oxygens (including phenoxy) is 1. The van der Waals surface area contributed by atoms with Gasteiger partial charge in [0.2, 0.25) is 0 Å². The maximum Gasteiger partial charge on any atom is 0.251 e. The van der Waals surface area contributed by atoms with Crippen LogP contribution >= 0.6 is 0 Å². The molecule has 1 aliphatic heterocycles. The molecule has 1 aromatic carbocycles. The molecule has 20 heavy (non-hydrogen) atoms. The molecule has 0 saturated heterocycles. The summed E-state index contributed by atoms with van der Waals surface area (Å²) in [5.74, 6) is 0.786. The van der Waals surface area contributed by atoms with E-state index >= 15 is 0 Å². The van der Waals surface area contributed by atoms with Gasteiger partial charge in [0, 0.05) is 23.1 Å². The Morgan fingerprint density at radius 3 is 2.95 bits per heavy atom. The number of hydrogen-bond acceptors (Lipinski definition) is 3. The van der Waals surface area contributed by atoms with Crippen LogP contribution in [0.2, 0.25) is 0 Å². The quantitative estimate of drug-likeness (QED) is 0.530. The molecular weight excluding hydrogens is 252 g/mol. The maximum atomic E-state index is 11.9. The second-order valence-corrected chi connectivity index (χ2v) is 4.89. The molecule has 3 heterocycles. The highest BCUT2D eigenvalue weighted by Crippen LogP contribution is 2.31. The molecule has 0 spiro atoms. The summed E-state index contributed by atoms with van der Waals surface area (Å²) >= 11 is 0. The lowest BCUT2D eigenvalue weighted by atomic mass is 10.1. The summed E-state index contributed by atoms with van der Waals surface area (Å²) < 4.78 is 6.99. The molecule has 0 fully saturated rings. The van der Waals surface area contributed by atoms with Gasteiger partial charge in [0.1, 0.15) is 5.75 Å². The van der Waals surface area contributed by atoms with E-state index in [1.807, 2.05) is 24.3 Å². The summed E-state index contributed by atoms with van der Waals surface area (Å²) in [6, 6.07) is 13.2. The van der Waals surface area contributed by atoms with Crippen molar-refractivity contribution in [1.82, 2.24) is 9.55 Å². The van der Waals surface area contributed by atoms with E-state index < -0.39 is 0 Å². The van der Waals surface area contributed by atoms with Gasteiger partial charge in [-0.25, -0.2) is 4.98 Å². The van der Waals surface area contributed by atoms with Crippen molar-refractivity contribution in [2.45, 2.75) is 6.54 Å². The van der Waals surface area contributed by atoms with Crippen LogP contribution in [-0.2, 0) is 6.54 Å². The minimum absolute atomic E-state index is 0.0159. The van der Waals surface area contributed by atoms with E-state index in [9.17, 15) is 4.79 Å². The third-order valence-corrected chi connectivity index (χ3v) is 3.72. The van der Waals surface area contributed by atoms with Crippen molar-refractivity contribution < 1.29 is 4.74 Å². The maximum absolute atomic E-state index is 11.9. The Hall–Kier alpha value is -2.62. The molecule has 0 unspecified atom stereocenters. The number of methoxy groups -OCH3 is 1. The fraction of sp³-hybridized carbons (Fsp3) is 0.125. The summed E-state index contributed by atoms with van der Waals surface area (Å²) in [4.78, 5) is 16.6. The summed E-state index contributed by atoms with van der Waals surface area (Å²) in [5, 5.41) is 1.06. The minimum Gasteiger partial charge on any atom is -0.497 e. The first-order valence-corrected chi connectivity index (χ1v) is 6.44. The van der Waals surface area contributed by atoms with Crippen LogP contribution in [0, 0.1) is 0 Å². The molecule has 4 nitrogen and oxygen atoms in total. The van der Waals surface area contributed by atoms with E-state index in [4.69, 9.17) is 9.72 Å². The van der Waals surface area contributed by atoms with Crippen molar-refractivity contribution in [2.75, 3.05) is 7.11 Å². The van der Waals surface area contributed by atoms with Gasteiger partial charge in [-0.3, -0.25) is 4.79 Å². The highest BCUT2D eigenvalue weighted by atomic mass is 16.5. The Kier molecular flexibility index (Phi) is 2.21. The largest absolute Gasteiger partial charge is 0.497 e. The van der Waals surface area contributed by atoms with E-state index in [0.29, 0.717) is 6.54 Å². The van der Waals surface area contributed by atoms with E-state index in [-0.39, 0.29) is 5.56 Å². The molecular formula is C16H12N2O2. The summed E-state index contributed by atoms with van der Waals surface area (Å²) in [6.45, 7) is 0.597. The molecule has 1 aliphatic rings. The van der Waals surface area contributed by atoms with Gasteiger partial charge in [0.05, 0.1) is 30.6 Å². The normalized spacial score (nSPS) is 12.2. The van der Waals surface area contributed by atoms with E-state index in [0.717, 1.165) is 33.6 Å². The molecule has 0 radical (unpaired) electrons. The van der Waals surface area contributed by atoms with Crippen LogP contribution in [0.1, 0.15) is 5.56 Å². The second-order valence-electron chi connectivity index (χ2n) is 4.89. The lowest BCUT2D eigenvalue weighted by molar-refractivity contribution is 0.415. The first kappa shape index (κ1) is 11.2. The number of hydrogen-bond donors (Lipinski definition) is 0. The average molecular weight is 264 g/mol. The van der Waals surface area contributed by atoms with Crippen molar-refractivity contribution in [3.05, 3.63) is 58.4 Å². The summed E-state index contributed by atoms with van der Waals surface area (Å²) in [6.07, 6.45) is 0. The number of aromatic nitrogens is 2. The third-order valence-electron chi connectivity index (χ3n) is 3.72. The van der Waals surface area contributed by atoms with Crippen molar-refractivity contribution in [3.8, 4) is 17.1 Å². The number of pyridine rings is 2. The van der Waals surface area contributed by atoms with Gasteiger partial charge in [0.25, 0.3) is 5.56 Å². The van der Waals surface area contributed by atoms with E-state index in [1.165, 1.54) is 0 Å². The van der Waals surface area contributed by atoms with Gasteiger partial charge in [-0.05, 0) is 24.3 Å². The Morgan fingerprint density at radius 2 is 2.10 bits per heavy atom. The lowest BCUT2D eigenvalue weighted by Gasteiger charge is -2.04. The number of nitrogens with zero attached hydrogens (tertiary/aromatic N) is 2. The zero-order valence-corrected chi connectivity index (χ0v) is 11.0. The van der Waals surface area contributed by atoms with Crippen molar-refractivity contribution >= 4 is 10.9 Å². The van der Waals surface area contributed by atoms with Crippen molar-refractivity contribution in [1.29, 1.82) is 0 Å². The zero-order valence-electron chi connectivity index (χ0n) is 11.0. The predicted octanol–water partition coefficient (Wildman–Crippen LogP) is 2.43. The van der Waals surface area contributed by atoms with Crippen LogP contribution in [0.3, 0.4) is 0 Å². The smallest absolute Gasteiger partial charge is 0.251 e. The monoisotopic (exact) mass is 264 g/mol. The lowest BCUT2D eigenvalue weighted by Crippen LogP contribution is -2.16. The minimum atomic E-state index is 0.0159.